The van der Waals surface area contributed by atoms with Gasteiger partial charge in [-0.15, -0.1) is 0 Å². The lowest BCUT2D eigenvalue weighted by Crippen LogP contribution is -2.25. The van der Waals surface area contributed by atoms with E-state index in [1.807, 2.05) is 0 Å². The van der Waals surface area contributed by atoms with E-state index in [0.29, 0.717) is 6.61 Å². The maximum absolute atomic E-state index is 13.6. The molecule has 0 aliphatic heterocycles. The summed E-state index contributed by atoms with van der Waals surface area (Å²) in [6.45, 7) is 4.57. The summed E-state index contributed by atoms with van der Waals surface area (Å²) in [5.41, 5.74) is 0.314. The Morgan fingerprint density at radius 2 is 1.95 bits per heavy atom. The molecule has 0 saturated heterocycles. The van der Waals surface area contributed by atoms with Gasteiger partial charge in [0.05, 0.1) is 18.4 Å². The fraction of sp³-hybridized carbons (Fsp3) is 0.625. The average Bonchev–Trinajstić information content (AvgIpc) is 2.45. The summed E-state index contributed by atoms with van der Waals surface area (Å²) in [5, 5.41) is 12.4. The molecule has 0 spiro atoms. The van der Waals surface area contributed by atoms with Gasteiger partial charge in [0.15, 0.2) is 0 Å². The molecule has 0 saturated carbocycles. The quantitative estimate of drug-likeness (QED) is 0.648. The number of ether oxygens (including phenoxy) is 1. The van der Waals surface area contributed by atoms with Crippen molar-refractivity contribution < 1.29 is 18.6 Å². The number of aliphatic hydroxyl groups excluding tert-OH is 1. The second-order valence-corrected chi connectivity index (χ2v) is 5.25. The number of nitrogens with one attached hydrogen (secondary N) is 1. The predicted molar refractivity (Wildman–Crippen MR) is 80.6 cm³/mol. The van der Waals surface area contributed by atoms with Gasteiger partial charge in [-0.1, -0.05) is 26.2 Å². The van der Waals surface area contributed by atoms with Gasteiger partial charge in [0.25, 0.3) is 0 Å². The van der Waals surface area contributed by atoms with E-state index < -0.39 is 17.7 Å². The van der Waals surface area contributed by atoms with Crippen molar-refractivity contribution in [3.63, 3.8) is 0 Å². The summed E-state index contributed by atoms with van der Waals surface area (Å²) in [6.07, 6.45) is 3.71. The Bertz CT molecular complexity index is 427. The summed E-state index contributed by atoms with van der Waals surface area (Å²) in [5.74, 6) is -0.998. The molecule has 0 bridgehead atoms. The number of aliphatic hydroxyl groups is 1. The van der Waals surface area contributed by atoms with Crippen molar-refractivity contribution in [3.05, 3.63) is 29.3 Å². The number of rotatable bonds is 10. The van der Waals surface area contributed by atoms with E-state index in [2.05, 4.69) is 12.2 Å². The van der Waals surface area contributed by atoms with E-state index in [4.69, 9.17) is 4.74 Å². The van der Waals surface area contributed by atoms with Crippen LogP contribution < -0.4 is 5.32 Å². The maximum atomic E-state index is 13.6. The van der Waals surface area contributed by atoms with Crippen molar-refractivity contribution in [2.45, 2.75) is 45.6 Å². The van der Waals surface area contributed by atoms with Gasteiger partial charge >= 0.3 is 0 Å². The molecule has 0 fully saturated rings. The molecular weight excluding hydrogens is 276 g/mol. The van der Waals surface area contributed by atoms with Crippen LogP contribution in [0.4, 0.5) is 14.5 Å². The van der Waals surface area contributed by atoms with E-state index in [1.54, 1.807) is 0 Å². The molecule has 0 amide bonds. The van der Waals surface area contributed by atoms with Crippen molar-refractivity contribution in [2.75, 3.05) is 25.1 Å². The smallest absolute Gasteiger partial charge is 0.146 e. The molecule has 21 heavy (non-hydrogen) atoms. The molecule has 1 unspecified atom stereocenters. The topological polar surface area (TPSA) is 41.5 Å². The molecule has 3 nitrogen and oxygen atoms in total. The molecule has 5 heteroatoms. The Hall–Kier alpha value is -1.20. The Kier molecular flexibility index (Phi) is 8.23. The molecule has 0 aliphatic rings. The standard InChI is InChI=1S/C16H25F2NO2/c1-3-4-5-6-7-21-11-13(20)10-19-16-9-14(17)12(2)8-15(16)18/h8-9,13,19-20H,3-7,10-11H2,1-2H3. The van der Waals surface area contributed by atoms with Crippen molar-refractivity contribution in [3.8, 4) is 0 Å². The average molecular weight is 301 g/mol. The van der Waals surface area contributed by atoms with Crippen LogP contribution in [0.2, 0.25) is 0 Å². The van der Waals surface area contributed by atoms with Gasteiger partial charge in [0.2, 0.25) is 0 Å². The highest BCUT2D eigenvalue weighted by molar-refractivity contribution is 5.46. The van der Waals surface area contributed by atoms with Crippen molar-refractivity contribution >= 4 is 5.69 Å². The number of hydrogen-bond donors (Lipinski definition) is 2. The minimum absolute atomic E-state index is 0.0556. The lowest BCUT2D eigenvalue weighted by molar-refractivity contribution is 0.0416. The highest BCUT2D eigenvalue weighted by Crippen LogP contribution is 2.18. The van der Waals surface area contributed by atoms with Gasteiger partial charge < -0.3 is 15.2 Å². The molecule has 0 aromatic heterocycles. The monoisotopic (exact) mass is 301 g/mol. The third kappa shape index (κ3) is 6.87. The van der Waals surface area contributed by atoms with E-state index >= 15 is 0 Å². The van der Waals surface area contributed by atoms with Crippen LogP contribution in [0.15, 0.2) is 12.1 Å². The summed E-state index contributed by atoms with van der Waals surface area (Å²) < 4.78 is 32.2. The van der Waals surface area contributed by atoms with Gasteiger partial charge in [0.1, 0.15) is 11.6 Å². The molecule has 1 rings (SSSR count). The lowest BCUT2D eigenvalue weighted by Gasteiger charge is -2.14. The molecule has 1 atom stereocenters. The van der Waals surface area contributed by atoms with Crippen LogP contribution in [0.25, 0.3) is 0 Å². The Morgan fingerprint density at radius 1 is 1.19 bits per heavy atom. The molecule has 1 aromatic carbocycles. The van der Waals surface area contributed by atoms with Gasteiger partial charge in [-0.05, 0) is 25.0 Å². The Balaban J connectivity index is 2.24. The molecule has 1 aromatic rings. The second kappa shape index (κ2) is 9.68. The van der Waals surface area contributed by atoms with Gasteiger partial charge in [-0.3, -0.25) is 0 Å². The first kappa shape index (κ1) is 17.9. The Labute approximate surface area is 125 Å². The molecule has 0 aliphatic carbocycles. The molecule has 0 radical (unpaired) electrons. The van der Waals surface area contributed by atoms with E-state index in [0.717, 1.165) is 25.0 Å². The third-order valence-corrected chi connectivity index (χ3v) is 3.23. The second-order valence-electron chi connectivity index (χ2n) is 5.25. The van der Waals surface area contributed by atoms with Crippen molar-refractivity contribution in [1.29, 1.82) is 0 Å². The number of hydrogen-bond acceptors (Lipinski definition) is 3. The number of unbranched alkanes of at least 4 members (excludes halogenated alkanes) is 3. The first-order valence-corrected chi connectivity index (χ1v) is 7.50. The van der Waals surface area contributed by atoms with Gasteiger partial charge in [-0.25, -0.2) is 8.78 Å². The first-order chi connectivity index (χ1) is 10.0. The summed E-state index contributed by atoms with van der Waals surface area (Å²) in [6, 6.07) is 2.23. The zero-order chi connectivity index (χ0) is 15.7. The zero-order valence-corrected chi connectivity index (χ0v) is 12.8. The van der Waals surface area contributed by atoms with Crippen LogP contribution in [0.3, 0.4) is 0 Å². The first-order valence-electron chi connectivity index (χ1n) is 7.50. The minimum Gasteiger partial charge on any atom is -0.389 e. The number of anilines is 1. The van der Waals surface area contributed by atoms with Crippen molar-refractivity contribution in [1.82, 2.24) is 0 Å². The van der Waals surface area contributed by atoms with Crippen molar-refractivity contribution in [2.24, 2.45) is 0 Å². The SMILES string of the molecule is CCCCCCOCC(O)CNc1cc(F)c(C)cc1F. The fourth-order valence-corrected chi connectivity index (χ4v) is 1.92. The Morgan fingerprint density at radius 3 is 2.67 bits per heavy atom. The molecule has 120 valence electrons. The number of halogens is 2. The van der Waals surface area contributed by atoms with E-state index in [-0.39, 0.29) is 24.4 Å². The highest BCUT2D eigenvalue weighted by Gasteiger charge is 2.09. The summed E-state index contributed by atoms with van der Waals surface area (Å²) in [7, 11) is 0. The van der Waals surface area contributed by atoms with Gasteiger partial charge in [0, 0.05) is 19.2 Å². The third-order valence-electron chi connectivity index (χ3n) is 3.23. The van der Waals surface area contributed by atoms with Crippen LogP contribution in [-0.4, -0.2) is 31.0 Å². The normalized spacial score (nSPS) is 12.4. The van der Waals surface area contributed by atoms with E-state index in [1.165, 1.54) is 19.8 Å². The largest absolute Gasteiger partial charge is 0.389 e. The summed E-state index contributed by atoms with van der Waals surface area (Å²) in [4.78, 5) is 0. The van der Waals surface area contributed by atoms with Crippen LogP contribution in [0.5, 0.6) is 0 Å². The fourth-order valence-electron chi connectivity index (χ4n) is 1.92. The molecule has 0 heterocycles. The summed E-state index contributed by atoms with van der Waals surface area (Å²) >= 11 is 0. The number of aryl methyl sites for hydroxylation is 1. The van der Waals surface area contributed by atoms with Crippen LogP contribution >= 0.6 is 0 Å². The highest BCUT2D eigenvalue weighted by atomic mass is 19.1. The van der Waals surface area contributed by atoms with E-state index in [9.17, 15) is 13.9 Å². The van der Waals surface area contributed by atoms with Crippen LogP contribution in [0, 0.1) is 18.6 Å². The molecule has 2 N–H and O–H groups in total. The minimum atomic E-state index is -0.750. The number of benzene rings is 1. The lowest BCUT2D eigenvalue weighted by atomic mass is 10.2. The zero-order valence-electron chi connectivity index (χ0n) is 12.8. The van der Waals surface area contributed by atoms with Gasteiger partial charge in [-0.2, -0.15) is 0 Å². The maximum Gasteiger partial charge on any atom is 0.146 e. The van der Waals surface area contributed by atoms with Crippen LogP contribution in [-0.2, 0) is 4.74 Å². The predicted octanol–water partition coefficient (Wildman–Crippen LogP) is 3.64. The van der Waals surface area contributed by atoms with Crippen LogP contribution in [0.1, 0.15) is 38.2 Å². The molecular formula is C16H25F2NO2.